The van der Waals surface area contributed by atoms with Crippen LogP contribution in [0.2, 0.25) is 0 Å². The zero-order valence-electron chi connectivity index (χ0n) is 7.69. The topological polar surface area (TPSA) is 68.9 Å². The van der Waals surface area contributed by atoms with Gasteiger partial charge in [0.2, 0.25) is 0 Å². The van der Waals surface area contributed by atoms with Crippen molar-refractivity contribution < 1.29 is 4.79 Å². The Kier molecular flexibility index (Phi) is 1.89. The van der Waals surface area contributed by atoms with Crippen LogP contribution in [0.15, 0.2) is 24.5 Å². The molecule has 0 aliphatic rings. The first kappa shape index (κ1) is 8.62. The predicted octanol–water partition coefficient (Wildman–Crippen LogP) is 1.04. The van der Waals surface area contributed by atoms with E-state index in [9.17, 15) is 4.79 Å². The molecule has 70 valence electrons. The molecule has 0 aliphatic carbocycles. The lowest BCUT2D eigenvalue weighted by Gasteiger charge is -2.03. The summed E-state index contributed by atoms with van der Waals surface area (Å²) in [5.41, 5.74) is 7.92. The van der Waals surface area contributed by atoms with Crippen LogP contribution in [0.1, 0.15) is 15.9 Å². The number of hydrogen-bond acceptors (Lipinski definition) is 3. The summed E-state index contributed by atoms with van der Waals surface area (Å²) in [7, 11) is 0. The number of nitrogens with two attached hydrogens (primary N) is 1. The summed E-state index contributed by atoms with van der Waals surface area (Å²) in [5.74, 6) is -0.476. The molecule has 1 heterocycles. The molecule has 1 amide bonds. The summed E-state index contributed by atoms with van der Waals surface area (Å²) in [6.45, 7) is 1.92. The minimum absolute atomic E-state index is 0.415. The summed E-state index contributed by atoms with van der Waals surface area (Å²) in [6.07, 6.45) is 3.15. The number of aryl methyl sites for hydroxylation is 1. The van der Waals surface area contributed by atoms with Gasteiger partial charge in [-0.15, -0.1) is 0 Å². The van der Waals surface area contributed by atoms with Gasteiger partial charge in [0.05, 0.1) is 11.1 Å². The number of amides is 1. The highest BCUT2D eigenvalue weighted by Gasteiger charge is 2.09. The van der Waals surface area contributed by atoms with Crippen molar-refractivity contribution in [1.82, 2.24) is 9.97 Å². The first-order valence-corrected chi connectivity index (χ1v) is 4.20. The van der Waals surface area contributed by atoms with Gasteiger partial charge < -0.3 is 5.73 Å². The van der Waals surface area contributed by atoms with Crippen LogP contribution in [0.3, 0.4) is 0 Å². The molecular formula is C10H9N3O. The van der Waals surface area contributed by atoms with Crippen LogP contribution in [0.4, 0.5) is 0 Å². The predicted molar refractivity (Wildman–Crippen MR) is 52.8 cm³/mol. The Hall–Kier alpha value is -1.97. The van der Waals surface area contributed by atoms with Gasteiger partial charge in [-0.05, 0) is 18.6 Å². The molecule has 2 rings (SSSR count). The second-order valence-electron chi connectivity index (χ2n) is 3.05. The minimum Gasteiger partial charge on any atom is -0.366 e. The largest absolute Gasteiger partial charge is 0.366 e. The van der Waals surface area contributed by atoms with Crippen molar-refractivity contribution in [3.63, 3.8) is 0 Å². The van der Waals surface area contributed by atoms with Crippen LogP contribution < -0.4 is 5.73 Å². The van der Waals surface area contributed by atoms with Crippen molar-refractivity contribution in [1.29, 1.82) is 0 Å². The van der Waals surface area contributed by atoms with Crippen molar-refractivity contribution >= 4 is 16.9 Å². The summed E-state index contributed by atoms with van der Waals surface area (Å²) < 4.78 is 0. The zero-order valence-corrected chi connectivity index (χ0v) is 7.69. The second-order valence-corrected chi connectivity index (χ2v) is 3.05. The standard InChI is InChI=1S/C10H9N3O/c1-6-2-3-7(10(11)14)9-8(6)12-4-5-13-9/h2-5H,1H3,(H2,11,14). The smallest absolute Gasteiger partial charge is 0.250 e. The lowest BCUT2D eigenvalue weighted by molar-refractivity contribution is 0.100. The Labute approximate surface area is 80.8 Å². The van der Waals surface area contributed by atoms with Gasteiger partial charge in [0, 0.05) is 12.4 Å². The van der Waals surface area contributed by atoms with E-state index in [1.807, 2.05) is 13.0 Å². The fraction of sp³-hybridized carbons (Fsp3) is 0.100. The maximum atomic E-state index is 11.1. The molecule has 1 aromatic heterocycles. The van der Waals surface area contributed by atoms with E-state index < -0.39 is 5.91 Å². The summed E-state index contributed by atoms with van der Waals surface area (Å²) >= 11 is 0. The van der Waals surface area contributed by atoms with Crippen molar-refractivity contribution in [2.75, 3.05) is 0 Å². The van der Waals surface area contributed by atoms with Crippen molar-refractivity contribution in [2.45, 2.75) is 6.92 Å². The number of carbonyl (C=O) groups excluding carboxylic acids is 1. The van der Waals surface area contributed by atoms with E-state index in [1.54, 1.807) is 18.5 Å². The third-order valence-corrected chi connectivity index (χ3v) is 2.09. The quantitative estimate of drug-likeness (QED) is 0.725. The SMILES string of the molecule is Cc1ccc(C(N)=O)c2nccnc12. The Morgan fingerprint density at radius 1 is 1.21 bits per heavy atom. The summed E-state index contributed by atoms with van der Waals surface area (Å²) in [6, 6.07) is 3.49. The maximum absolute atomic E-state index is 11.1. The summed E-state index contributed by atoms with van der Waals surface area (Å²) in [5, 5.41) is 0. The van der Waals surface area contributed by atoms with Gasteiger partial charge in [-0.25, -0.2) is 0 Å². The van der Waals surface area contributed by atoms with Crippen LogP contribution in [0, 0.1) is 6.92 Å². The molecule has 0 spiro atoms. The lowest BCUT2D eigenvalue weighted by atomic mass is 10.1. The van der Waals surface area contributed by atoms with Gasteiger partial charge in [-0.1, -0.05) is 6.07 Å². The number of aromatic nitrogens is 2. The van der Waals surface area contributed by atoms with Crippen LogP contribution in [-0.2, 0) is 0 Å². The second kappa shape index (κ2) is 3.06. The van der Waals surface area contributed by atoms with Gasteiger partial charge in [-0.3, -0.25) is 14.8 Å². The molecule has 0 aliphatic heterocycles. The number of benzene rings is 1. The number of carbonyl (C=O) groups is 1. The Balaban J connectivity index is 2.88. The Bertz CT molecular complexity index is 508. The highest BCUT2D eigenvalue weighted by Crippen LogP contribution is 2.17. The van der Waals surface area contributed by atoms with Crippen molar-refractivity contribution in [2.24, 2.45) is 5.73 Å². The van der Waals surface area contributed by atoms with E-state index in [2.05, 4.69) is 9.97 Å². The maximum Gasteiger partial charge on any atom is 0.250 e. The van der Waals surface area contributed by atoms with E-state index in [1.165, 1.54) is 0 Å². The molecule has 0 atom stereocenters. The van der Waals surface area contributed by atoms with Gasteiger partial charge >= 0.3 is 0 Å². The molecule has 0 saturated carbocycles. The van der Waals surface area contributed by atoms with Crippen LogP contribution in [-0.4, -0.2) is 15.9 Å². The third-order valence-electron chi connectivity index (χ3n) is 2.09. The molecular weight excluding hydrogens is 178 g/mol. The van der Waals surface area contributed by atoms with Gasteiger partial charge in [-0.2, -0.15) is 0 Å². The highest BCUT2D eigenvalue weighted by atomic mass is 16.1. The molecule has 0 unspecified atom stereocenters. The van der Waals surface area contributed by atoms with E-state index in [0.717, 1.165) is 11.1 Å². The minimum atomic E-state index is -0.476. The highest BCUT2D eigenvalue weighted by molar-refractivity contribution is 6.04. The molecule has 4 nitrogen and oxygen atoms in total. The average molecular weight is 187 g/mol. The zero-order chi connectivity index (χ0) is 10.1. The molecule has 2 N–H and O–H groups in total. The summed E-state index contributed by atoms with van der Waals surface area (Å²) in [4.78, 5) is 19.3. The number of fused-ring (bicyclic) bond motifs is 1. The third kappa shape index (κ3) is 1.21. The van der Waals surface area contributed by atoms with E-state index in [4.69, 9.17) is 5.73 Å². The number of hydrogen-bond donors (Lipinski definition) is 1. The molecule has 1 aromatic carbocycles. The average Bonchev–Trinajstić information content (AvgIpc) is 2.18. The van der Waals surface area contributed by atoms with E-state index >= 15 is 0 Å². The van der Waals surface area contributed by atoms with Gasteiger partial charge in [0.25, 0.3) is 5.91 Å². The number of primary amides is 1. The first-order chi connectivity index (χ1) is 6.70. The van der Waals surface area contributed by atoms with Crippen LogP contribution in [0.25, 0.3) is 11.0 Å². The molecule has 4 heteroatoms. The number of nitrogens with zero attached hydrogens (tertiary/aromatic N) is 2. The number of rotatable bonds is 1. The molecule has 0 fully saturated rings. The van der Waals surface area contributed by atoms with Gasteiger partial charge in [0.1, 0.15) is 5.52 Å². The normalized spacial score (nSPS) is 10.4. The lowest BCUT2D eigenvalue weighted by Crippen LogP contribution is -2.12. The Morgan fingerprint density at radius 3 is 2.50 bits per heavy atom. The van der Waals surface area contributed by atoms with Crippen LogP contribution in [0.5, 0.6) is 0 Å². The molecule has 14 heavy (non-hydrogen) atoms. The van der Waals surface area contributed by atoms with Crippen molar-refractivity contribution in [3.8, 4) is 0 Å². The monoisotopic (exact) mass is 187 g/mol. The fourth-order valence-corrected chi connectivity index (χ4v) is 1.39. The Morgan fingerprint density at radius 2 is 1.86 bits per heavy atom. The molecule has 0 saturated heterocycles. The van der Waals surface area contributed by atoms with Gasteiger partial charge in [0.15, 0.2) is 0 Å². The molecule has 0 bridgehead atoms. The fourth-order valence-electron chi connectivity index (χ4n) is 1.39. The molecule has 2 aromatic rings. The molecule has 0 radical (unpaired) electrons. The first-order valence-electron chi connectivity index (χ1n) is 4.20. The van der Waals surface area contributed by atoms with Crippen molar-refractivity contribution in [3.05, 3.63) is 35.7 Å². The van der Waals surface area contributed by atoms with Crippen LogP contribution >= 0.6 is 0 Å². The van der Waals surface area contributed by atoms with E-state index in [-0.39, 0.29) is 0 Å². The van der Waals surface area contributed by atoms with E-state index in [0.29, 0.717) is 11.1 Å².